The molecule has 1 atom stereocenters. The van der Waals surface area contributed by atoms with Crippen molar-refractivity contribution in [3.8, 4) is 11.5 Å². The third kappa shape index (κ3) is 1.58. The number of nitrogens with two attached hydrogens (primary N) is 1. The summed E-state index contributed by atoms with van der Waals surface area (Å²) >= 11 is 1.62. The van der Waals surface area contributed by atoms with Crippen LogP contribution in [0.15, 0.2) is 22.8 Å². The van der Waals surface area contributed by atoms with Gasteiger partial charge in [-0.15, -0.1) is 11.3 Å². The fourth-order valence-corrected chi connectivity index (χ4v) is 2.13. The van der Waals surface area contributed by atoms with Gasteiger partial charge in [-0.2, -0.15) is 0 Å². The molecule has 0 saturated carbocycles. The van der Waals surface area contributed by atoms with Crippen molar-refractivity contribution in [2.24, 2.45) is 5.73 Å². The maximum absolute atomic E-state index is 5.77. The van der Waals surface area contributed by atoms with Crippen LogP contribution in [0.3, 0.4) is 0 Å². The Labute approximate surface area is 86.6 Å². The summed E-state index contributed by atoms with van der Waals surface area (Å²) in [6.07, 6.45) is 1.65. The van der Waals surface area contributed by atoms with Crippen LogP contribution in [0.5, 0.6) is 0 Å². The molecule has 0 amide bonds. The highest BCUT2D eigenvalue weighted by Gasteiger charge is 2.13. The van der Waals surface area contributed by atoms with Crippen LogP contribution in [0, 0.1) is 6.92 Å². The van der Waals surface area contributed by atoms with Gasteiger partial charge in [-0.25, -0.2) is 4.98 Å². The van der Waals surface area contributed by atoms with Crippen LogP contribution in [0.2, 0.25) is 0 Å². The summed E-state index contributed by atoms with van der Waals surface area (Å²) in [5.41, 5.74) is 6.68. The number of rotatable bonds is 2. The normalized spacial score (nSPS) is 13.1. The molecule has 0 aliphatic carbocycles. The van der Waals surface area contributed by atoms with Crippen molar-refractivity contribution in [1.29, 1.82) is 0 Å². The van der Waals surface area contributed by atoms with Gasteiger partial charge in [-0.1, -0.05) is 0 Å². The molecule has 0 spiro atoms. The summed E-state index contributed by atoms with van der Waals surface area (Å²) in [6, 6.07) is 3.76. The van der Waals surface area contributed by atoms with E-state index >= 15 is 0 Å². The molecule has 2 heterocycles. The monoisotopic (exact) mass is 208 g/mol. The van der Waals surface area contributed by atoms with Gasteiger partial charge < -0.3 is 10.2 Å². The van der Waals surface area contributed by atoms with E-state index in [2.05, 4.69) is 4.98 Å². The van der Waals surface area contributed by atoms with Gasteiger partial charge in [-0.05, 0) is 26.0 Å². The minimum absolute atomic E-state index is 0.0117. The Morgan fingerprint density at radius 1 is 1.57 bits per heavy atom. The summed E-state index contributed by atoms with van der Waals surface area (Å²) in [5, 5.41) is 0.953. The van der Waals surface area contributed by atoms with Crippen LogP contribution in [0.25, 0.3) is 11.5 Å². The lowest BCUT2D eigenvalue weighted by Crippen LogP contribution is -2.03. The van der Waals surface area contributed by atoms with Crippen molar-refractivity contribution in [2.45, 2.75) is 19.9 Å². The summed E-state index contributed by atoms with van der Waals surface area (Å²) in [4.78, 5) is 5.60. The number of thiazole rings is 1. The zero-order valence-electron chi connectivity index (χ0n) is 8.15. The second-order valence-corrected chi connectivity index (χ2v) is 4.46. The smallest absolute Gasteiger partial charge is 0.153 e. The maximum Gasteiger partial charge on any atom is 0.153 e. The molecule has 0 radical (unpaired) electrons. The first-order chi connectivity index (χ1) is 6.68. The Morgan fingerprint density at radius 2 is 2.36 bits per heavy atom. The van der Waals surface area contributed by atoms with Crippen molar-refractivity contribution >= 4 is 11.3 Å². The summed E-state index contributed by atoms with van der Waals surface area (Å²) < 4.78 is 5.30. The van der Waals surface area contributed by atoms with Crippen molar-refractivity contribution in [2.75, 3.05) is 0 Å². The topological polar surface area (TPSA) is 52.0 Å². The number of furan rings is 1. The number of aromatic nitrogens is 1. The quantitative estimate of drug-likeness (QED) is 0.825. The van der Waals surface area contributed by atoms with Gasteiger partial charge in [0.15, 0.2) is 5.76 Å². The molecule has 4 heteroatoms. The number of aryl methyl sites for hydroxylation is 1. The molecule has 0 saturated heterocycles. The van der Waals surface area contributed by atoms with Crippen LogP contribution >= 0.6 is 11.3 Å². The van der Waals surface area contributed by atoms with Gasteiger partial charge in [0.25, 0.3) is 0 Å². The summed E-state index contributed by atoms with van der Waals surface area (Å²) in [7, 11) is 0. The molecule has 1 unspecified atom stereocenters. The fraction of sp³-hybridized carbons (Fsp3) is 0.300. The van der Waals surface area contributed by atoms with E-state index in [1.54, 1.807) is 17.6 Å². The van der Waals surface area contributed by atoms with Crippen LogP contribution in [-0.2, 0) is 0 Å². The van der Waals surface area contributed by atoms with Crippen molar-refractivity contribution < 1.29 is 4.42 Å². The number of nitrogens with zero attached hydrogens (tertiary/aromatic N) is 1. The lowest BCUT2D eigenvalue weighted by Gasteiger charge is -1.96. The predicted molar refractivity (Wildman–Crippen MR) is 57.2 cm³/mol. The Hall–Kier alpha value is -1.13. The van der Waals surface area contributed by atoms with Crippen LogP contribution in [0.1, 0.15) is 22.9 Å². The zero-order valence-corrected chi connectivity index (χ0v) is 8.97. The third-order valence-corrected chi connectivity index (χ3v) is 3.13. The molecule has 0 fully saturated rings. The minimum atomic E-state index is -0.0117. The van der Waals surface area contributed by atoms with Crippen molar-refractivity contribution in [3.63, 3.8) is 0 Å². The van der Waals surface area contributed by atoms with Crippen molar-refractivity contribution in [3.05, 3.63) is 28.3 Å². The van der Waals surface area contributed by atoms with Gasteiger partial charge in [0.1, 0.15) is 10.7 Å². The van der Waals surface area contributed by atoms with Crippen LogP contribution < -0.4 is 5.73 Å². The first-order valence-corrected chi connectivity index (χ1v) is 5.27. The largest absolute Gasteiger partial charge is 0.463 e. The van der Waals surface area contributed by atoms with E-state index in [1.807, 2.05) is 26.0 Å². The highest BCUT2D eigenvalue weighted by atomic mass is 32.1. The molecule has 2 rings (SSSR count). The lowest BCUT2D eigenvalue weighted by molar-refractivity contribution is 0.579. The molecule has 74 valence electrons. The van der Waals surface area contributed by atoms with E-state index in [0.717, 1.165) is 21.3 Å². The predicted octanol–water partition coefficient (Wildman–Crippen LogP) is 2.73. The van der Waals surface area contributed by atoms with Gasteiger partial charge in [0.2, 0.25) is 0 Å². The molecular formula is C10H12N2OS. The molecule has 14 heavy (non-hydrogen) atoms. The Bertz CT molecular complexity index is 417. The van der Waals surface area contributed by atoms with Crippen LogP contribution in [0.4, 0.5) is 0 Å². The molecule has 2 aromatic rings. The Kier molecular flexibility index (Phi) is 2.39. The van der Waals surface area contributed by atoms with Gasteiger partial charge >= 0.3 is 0 Å². The maximum atomic E-state index is 5.77. The van der Waals surface area contributed by atoms with E-state index in [1.165, 1.54) is 0 Å². The molecule has 2 N–H and O–H groups in total. The average molecular weight is 208 g/mol. The first-order valence-electron chi connectivity index (χ1n) is 4.45. The van der Waals surface area contributed by atoms with Gasteiger partial charge in [0.05, 0.1) is 12.3 Å². The van der Waals surface area contributed by atoms with Gasteiger partial charge in [-0.3, -0.25) is 0 Å². The summed E-state index contributed by atoms with van der Waals surface area (Å²) in [5.74, 6) is 0.811. The number of hydrogen-bond acceptors (Lipinski definition) is 4. The molecule has 0 aliphatic heterocycles. The van der Waals surface area contributed by atoms with E-state index < -0.39 is 0 Å². The Balaban J connectivity index is 2.45. The highest BCUT2D eigenvalue weighted by Crippen LogP contribution is 2.29. The van der Waals surface area contributed by atoms with E-state index in [0.29, 0.717) is 0 Å². The molecule has 2 aromatic heterocycles. The second kappa shape index (κ2) is 3.55. The van der Waals surface area contributed by atoms with E-state index in [-0.39, 0.29) is 6.04 Å². The van der Waals surface area contributed by atoms with E-state index in [9.17, 15) is 0 Å². The SMILES string of the molecule is Cc1sc(C(C)N)nc1-c1ccco1. The van der Waals surface area contributed by atoms with Crippen molar-refractivity contribution in [1.82, 2.24) is 4.98 Å². The molecule has 3 nitrogen and oxygen atoms in total. The minimum Gasteiger partial charge on any atom is -0.463 e. The standard InChI is InChI=1S/C10H12N2OS/c1-6(11)10-12-9(7(2)14-10)8-4-3-5-13-8/h3-6H,11H2,1-2H3. The molecular weight excluding hydrogens is 196 g/mol. The zero-order chi connectivity index (χ0) is 10.1. The van der Waals surface area contributed by atoms with Gasteiger partial charge in [0, 0.05) is 4.88 Å². The second-order valence-electron chi connectivity index (χ2n) is 3.22. The third-order valence-electron chi connectivity index (χ3n) is 1.96. The first kappa shape index (κ1) is 9.43. The van der Waals surface area contributed by atoms with E-state index in [4.69, 9.17) is 10.2 Å². The van der Waals surface area contributed by atoms with Crippen LogP contribution in [-0.4, -0.2) is 4.98 Å². The molecule has 0 aromatic carbocycles. The molecule has 0 aliphatic rings. The fourth-order valence-electron chi connectivity index (χ4n) is 1.25. The number of hydrogen-bond donors (Lipinski definition) is 1. The lowest BCUT2D eigenvalue weighted by atomic mass is 10.3. The average Bonchev–Trinajstić information content (AvgIpc) is 2.71. The molecule has 0 bridgehead atoms. The highest BCUT2D eigenvalue weighted by molar-refractivity contribution is 7.12. The Morgan fingerprint density at radius 3 is 2.86 bits per heavy atom. The summed E-state index contributed by atoms with van der Waals surface area (Å²) in [6.45, 7) is 3.96.